The normalized spacial score (nSPS) is 10.2. The molecule has 0 bridgehead atoms. The maximum Gasteiger partial charge on any atom is 0.335 e. The first-order valence-corrected chi connectivity index (χ1v) is 5.54. The van der Waals surface area contributed by atoms with Gasteiger partial charge >= 0.3 is 5.97 Å². The summed E-state index contributed by atoms with van der Waals surface area (Å²) in [5.74, 6) is -0.896. The minimum absolute atomic E-state index is 0. The Labute approximate surface area is 114 Å². The van der Waals surface area contributed by atoms with E-state index in [2.05, 4.69) is 4.99 Å². The summed E-state index contributed by atoms with van der Waals surface area (Å²) >= 11 is 0. The van der Waals surface area contributed by atoms with Crippen molar-refractivity contribution in [3.63, 3.8) is 0 Å². The summed E-state index contributed by atoms with van der Waals surface area (Å²) in [4.78, 5) is 17.3. The molecule has 0 aliphatic rings. The Balaban J connectivity index is 0.00000289. The van der Waals surface area contributed by atoms with Crippen molar-refractivity contribution in [3.05, 3.63) is 28.8 Å². The summed E-state index contributed by atoms with van der Waals surface area (Å²) in [7, 11) is 1.94. The highest BCUT2D eigenvalue weighted by molar-refractivity contribution is 5.90. The second kappa shape index (κ2) is 7.01. The van der Waals surface area contributed by atoms with Crippen molar-refractivity contribution in [2.45, 2.75) is 20.8 Å². The lowest BCUT2D eigenvalue weighted by Gasteiger charge is -2.10. The molecular weight excluding hydrogens is 252 g/mol. The number of rotatable bonds is 4. The van der Waals surface area contributed by atoms with Crippen LogP contribution in [0.2, 0.25) is 0 Å². The van der Waals surface area contributed by atoms with E-state index in [1.54, 1.807) is 25.4 Å². The molecule has 18 heavy (non-hydrogen) atoms. The van der Waals surface area contributed by atoms with Gasteiger partial charge < -0.3 is 10.0 Å². The Bertz CT molecular complexity index is 459. The molecule has 1 N–H and O–H groups in total. The Morgan fingerprint density at radius 3 is 2.50 bits per heavy atom. The van der Waals surface area contributed by atoms with Crippen molar-refractivity contribution in [1.29, 1.82) is 0 Å². The fraction of sp³-hybridized carbons (Fsp3) is 0.385. The fourth-order valence-electron chi connectivity index (χ4n) is 1.41. The Hall–Kier alpha value is -1.55. The summed E-state index contributed by atoms with van der Waals surface area (Å²) in [5, 5.41) is 8.99. The first-order chi connectivity index (χ1) is 7.95. The molecular formula is C13H19ClN2O2. The van der Waals surface area contributed by atoms with Gasteiger partial charge in [0.15, 0.2) is 0 Å². The molecule has 1 aromatic carbocycles. The molecule has 0 aliphatic heterocycles. The predicted molar refractivity (Wildman–Crippen MR) is 76.6 cm³/mol. The van der Waals surface area contributed by atoms with E-state index in [9.17, 15) is 4.79 Å². The zero-order chi connectivity index (χ0) is 13.0. The van der Waals surface area contributed by atoms with Gasteiger partial charge in [0.05, 0.1) is 17.6 Å². The Morgan fingerprint density at radius 2 is 2.00 bits per heavy atom. The lowest BCUT2D eigenvalue weighted by molar-refractivity contribution is 0.0696. The van der Waals surface area contributed by atoms with Crippen LogP contribution in [0.1, 0.15) is 28.4 Å². The van der Waals surface area contributed by atoms with Gasteiger partial charge in [0.2, 0.25) is 0 Å². The monoisotopic (exact) mass is 270 g/mol. The molecule has 0 spiro atoms. The van der Waals surface area contributed by atoms with Crippen LogP contribution in [0, 0.1) is 13.8 Å². The van der Waals surface area contributed by atoms with Gasteiger partial charge in [-0.1, -0.05) is 0 Å². The first kappa shape index (κ1) is 16.4. The molecule has 1 rings (SSSR count). The van der Waals surface area contributed by atoms with Crippen LogP contribution in [-0.2, 0) is 0 Å². The van der Waals surface area contributed by atoms with E-state index in [0.29, 0.717) is 5.56 Å². The van der Waals surface area contributed by atoms with Crippen molar-refractivity contribution >= 4 is 30.4 Å². The van der Waals surface area contributed by atoms with Gasteiger partial charge in [-0.2, -0.15) is 0 Å². The van der Waals surface area contributed by atoms with Crippen LogP contribution in [0.5, 0.6) is 0 Å². The molecule has 1 aromatic rings. The topological polar surface area (TPSA) is 52.9 Å². The van der Waals surface area contributed by atoms with Gasteiger partial charge in [-0.05, 0) is 44.0 Å². The molecule has 0 aromatic heterocycles. The van der Waals surface area contributed by atoms with Gasteiger partial charge in [0.25, 0.3) is 0 Å². The number of carbonyl (C=O) groups is 1. The average molecular weight is 271 g/mol. The van der Waals surface area contributed by atoms with E-state index in [1.165, 1.54) is 0 Å². The third kappa shape index (κ3) is 4.04. The van der Waals surface area contributed by atoms with Gasteiger partial charge in [-0.25, -0.2) is 9.79 Å². The quantitative estimate of drug-likeness (QED) is 0.676. The van der Waals surface area contributed by atoms with Crippen molar-refractivity contribution in [2.24, 2.45) is 4.99 Å². The molecule has 0 atom stereocenters. The predicted octanol–water partition coefficient (Wildman–Crippen LogP) is 3.03. The number of hydrogen-bond acceptors (Lipinski definition) is 2. The summed E-state index contributed by atoms with van der Waals surface area (Å²) in [6.07, 6.45) is 1.75. The van der Waals surface area contributed by atoms with Gasteiger partial charge in [-0.3, -0.25) is 0 Å². The number of halogens is 1. The molecule has 0 amide bonds. The third-order valence-electron chi connectivity index (χ3n) is 2.67. The second-order valence-electron chi connectivity index (χ2n) is 4.08. The molecule has 100 valence electrons. The number of carboxylic acids is 1. The Morgan fingerprint density at radius 1 is 1.39 bits per heavy atom. The SMILES string of the molecule is CCN(C)/C=N/c1cc(C)c(C(=O)O)cc1C.Cl. The minimum atomic E-state index is -0.896. The van der Waals surface area contributed by atoms with Crippen LogP contribution >= 0.6 is 12.4 Å². The molecule has 5 heteroatoms. The second-order valence-corrected chi connectivity index (χ2v) is 4.08. The van der Waals surface area contributed by atoms with Crippen LogP contribution in [0.4, 0.5) is 5.69 Å². The molecule has 0 saturated carbocycles. The van der Waals surface area contributed by atoms with Crippen molar-refractivity contribution in [2.75, 3.05) is 13.6 Å². The highest BCUT2D eigenvalue weighted by atomic mass is 35.5. The lowest BCUT2D eigenvalue weighted by atomic mass is 10.0. The molecule has 0 fully saturated rings. The van der Waals surface area contributed by atoms with E-state index >= 15 is 0 Å². The first-order valence-electron chi connectivity index (χ1n) is 5.54. The fourth-order valence-corrected chi connectivity index (χ4v) is 1.41. The maximum atomic E-state index is 11.0. The summed E-state index contributed by atoms with van der Waals surface area (Å²) in [5.41, 5.74) is 2.75. The van der Waals surface area contributed by atoms with Crippen LogP contribution in [0.3, 0.4) is 0 Å². The highest BCUT2D eigenvalue weighted by Gasteiger charge is 2.09. The van der Waals surface area contributed by atoms with Gasteiger partial charge in [0, 0.05) is 13.6 Å². The number of hydrogen-bond donors (Lipinski definition) is 1. The number of carboxylic acid groups (broad SMARTS) is 1. The van der Waals surface area contributed by atoms with Crippen LogP contribution in [0.25, 0.3) is 0 Å². The summed E-state index contributed by atoms with van der Waals surface area (Å²) in [6.45, 7) is 6.57. The van der Waals surface area contributed by atoms with Crippen LogP contribution in [-0.4, -0.2) is 35.9 Å². The number of benzene rings is 1. The zero-order valence-electron chi connectivity index (χ0n) is 11.1. The third-order valence-corrected chi connectivity index (χ3v) is 2.67. The molecule has 4 nitrogen and oxygen atoms in total. The smallest absolute Gasteiger partial charge is 0.335 e. The Kier molecular flexibility index (Phi) is 6.41. The van der Waals surface area contributed by atoms with Crippen molar-refractivity contribution < 1.29 is 9.90 Å². The molecule has 0 aliphatic carbocycles. The average Bonchev–Trinajstić information content (AvgIpc) is 2.28. The molecule has 0 heterocycles. The van der Waals surface area contributed by atoms with E-state index in [0.717, 1.165) is 23.4 Å². The highest BCUT2D eigenvalue weighted by Crippen LogP contribution is 2.23. The van der Waals surface area contributed by atoms with Crippen molar-refractivity contribution in [1.82, 2.24) is 4.90 Å². The van der Waals surface area contributed by atoms with E-state index in [1.807, 2.05) is 25.8 Å². The van der Waals surface area contributed by atoms with E-state index in [-0.39, 0.29) is 12.4 Å². The maximum absolute atomic E-state index is 11.0. The van der Waals surface area contributed by atoms with E-state index < -0.39 is 5.97 Å². The van der Waals surface area contributed by atoms with Gasteiger partial charge in [0.1, 0.15) is 0 Å². The number of nitrogens with zero attached hydrogens (tertiary/aromatic N) is 2. The molecule has 0 radical (unpaired) electrons. The number of aliphatic imine (C=N–C) groups is 1. The van der Waals surface area contributed by atoms with Crippen molar-refractivity contribution in [3.8, 4) is 0 Å². The number of aryl methyl sites for hydroxylation is 2. The largest absolute Gasteiger partial charge is 0.478 e. The zero-order valence-corrected chi connectivity index (χ0v) is 11.9. The standard InChI is InChI=1S/C13H18N2O2.ClH/c1-5-15(4)8-14-12-7-9(2)11(13(16)17)6-10(12)3;/h6-8H,5H2,1-4H3,(H,16,17);1H/b14-8+;. The summed E-state index contributed by atoms with van der Waals surface area (Å²) < 4.78 is 0. The molecule has 0 saturated heterocycles. The van der Waals surface area contributed by atoms with E-state index in [4.69, 9.17) is 5.11 Å². The summed E-state index contributed by atoms with van der Waals surface area (Å²) in [6, 6.07) is 3.47. The minimum Gasteiger partial charge on any atom is -0.478 e. The van der Waals surface area contributed by atoms with Crippen LogP contribution in [0.15, 0.2) is 17.1 Å². The van der Waals surface area contributed by atoms with Gasteiger partial charge in [-0.15, -0.1) is 12.4 Å². The lowest BCUT2D eigenvalue weighted by Crippen LogP contribution is -2.14. The van der Waals surface area contributed by atoms with Crippen LogP contribution < -0.4 is 0 Å². The molecule has 0 unspecified atom stereocenters. The number of aromatic carboxylic acids is 1.